The minimum absolute atomic E-state index is 0.00563. The Hall–Kier alpha value is -2.69. The lowest BCUT2D eigenvalue weighted by atomic mass is 10.2. The summed E-state index contributed by atoms with van der Waals surface area (Å²) in [6.07, 6.45) is 1.42. The van der Waals surface area contributed by atoms with Gasteiger partial charge in [-0.25, -0.2) is 13.1 Å². The third kappa shape index (κ3) is 4.69. The SMILES string of the molecule is CNS(=O)(=O)c1ccc(Cl)c(C(=O)NNC(=O)Cn2ccccc2=O)c1. The van der Waals surface area contributed by atoms with Crippen molar-refractivity contribution < 1.29 is 18.0 Å². The van der Waals surface area contributed by atoms with E-state index in [-0.39, 0.29) is 27.6 Å². The lowest BCUT2D eigenvalue weighted by Crippen LogP contribution is -2.44. The van der Waals surface area contributed by atoms with Crippen molar-refractivity contribution in [3.8, 4) is 0 Å². The Bertz CT molecular complexity index is 1000. The van der Waals surface area contributed by atoms with Crippen LogP contribution in [0.1, 0.15) is 10.4 Å². The molecule has 9 nitrogen and oxygen atoms in total. The molecule has 0 radical (unpaired) electrons. The number of halogens is 1. The van der Waals surface area contributed by atoms with Gasteiger partial charge in [-0.15, -0.1) is 0 Å². The van der Waals surface area contributed by atoms with Gasteiger partial charge in [-0.3, -0.25) is 25.2 Å². The van der Waals surface area contributed by atoms with Gasteiger partial charge < -0.3 is 4.57 Å². The monoisotopic (exact) mass is 398 g/mol. The van der Waals surface area contributed by atoms with Gasteiger partial charge in [-0.05, 0) is 31.3 Å². The summed E-state index contributed by atoms with van der Waals surface area (Å²) >= 11 is 5.92. The minimum Gasteiger partial charge on any atom is -0.306 e. The molecule has 0 saturated carbocycles. The van der Waals surface area contributed by atoms with Crippen LogP contribution >= 0.6 is 11.6 Å². The first-order chi connectivity index (χ1) is 12.2. The van der Waals surface area contributed by atoms with Gasteiger partial charge in [0.25, 0.3) is 17.4 Å². The summed E-state index contributed by atoms with van der Waals surface area (Å²) in [5.41, 5.74) is 3.74. The number of nitrogens with zero attached hydrogens (tertiary/aromatic N) is 1. The molecular weight excluding hydrogens is 384 g/mol. The van der Waals surface area contributed by atoms with E-state index in [2.05, 4.69) is 15.6 Å². The van der Waals surface area contributed by atoms with Crippen molar-refractivity contribution in [3.63, 3.8) is 0 Å². The third-order valence-electron chi connectivity index (χ3n) is 3.29. The number of nitrogens with one attached hydrogen (secondary N) is 3. The fourth-order valence-electron chi connectivity index (χ4n) is 1.94. The van der Waals surface area contributed by atoms with Gasteiger partial charge in [-0.2, -0.15) is 0 Å². The highest BCUT2D eigenvalue weighted by molar-refractivity contribution is 7.89. The fraction of sp³-hybridized carbons (Fsp3) is 0.133. The largest absolute Gasteiger partial charge is 0.306 e. The minimum atomic E-state index is -3.76. The summed E-state index contributed by atoms with van der Waals surface area (Å²) in [7, 11) is -2.53. The van der Waals surface area contributed by atoms with Gasteiger partial charge in [0.15, 0.2) is 0 Å². The van der Waals surface area contributed by atoms with Gasteiger partial charge >= 0.3 is 0 Å². The number of carbonyl (C=O) groups is 2. The van der Waals surface area contributed by atoms with Gasteiger partial charge in [0, 0.05) is 12.3 Å². The van der Waals surface area contributed by atoms with Crippen molar-refractivity contribution in [2.24, 2.45) is 0 Å². The standard InChI is InChI=1S/C15H15ClN4O5S/c1-17-26(24,25)10-5-6-12(16)11(8-10)15(23)19-18-13(21)9-20-7-3-2-4-14(20)22/h2-8,17H,9H2,1H3,(H,18,21)(H,19,23). The maximum atomic E-state index is 12.2. The molecule has 0 bridgehead atoms. The Morgan fingerprint density at radius 3 is 2.54 bits per heavy atom. The second kappa shape index (κ2) is 8.13. The molecular formula is C15H15ClN4O5S. The Morgan fingerprint density at radius 2 is 1.88 bits per heavy atom. The first-order valence-electron chi connectivity index (χ1n) is 7.22. The van der Waals surface area contributed by atoms with E-state index < -0.39 is 21.8 Å². The number of hydrazine groups is 1. The number of sulfonamides is 1. The molecule has 11 heteroatoms. The number of rotatable bonds is 5. The fourth-order valence-corrected chi connectivity index (χ4v) is 2.90. The van der Waals surface area contributed by atoms with E-state index in [0.717, 1.165) is 10.6 Å². The summed E-state index contributed by atoms with van der Waals surface area (Å²) in [6.45, 7) is -0.304. The van der Waals surface area contributed by atoms with Crippen LogP contribution in [-0.4, -0.2) is 31.8 Å². The smallest absolute Gasteiger partial charge is 0.271 e. The van der Waals surface area contributed by atoms with Crippen molar-refractivity contribution in [1.82, 2.24) is 20.1 Å². The van der Waals surface area contributed by atoms with Crippen molar-refractivity contribution in [3.05, 3.63) is 63.5 Å². The van der Waals surface area contributed by atoms with Gasteiger partial charge in [0.2, 0.25) is 10.0 Å². The van der Waals surface area contributed by atoms with Crippen molar-refractivity contribution in [1.29, 1.82) is 0 Å². The van der Waals surface area contributed by atoms with Crippen LogP contribution in [0.25, 0.3) is 0 Å². The van der Waals surface area contributed by atoms with Crippen LogP contribution in [0.3, 0.4) is 0 Å². The summed E-state index contributed by atoms with van der Waals surface area (Å²) in [5.74, 6) is -1.46. The van der Waals surface area contributed by atoms with E-state index in [1.807, 2.05) is 0 Å². The van der Waals surface area contributed by atoms with Crippen molar-refractivity contribution >= 4 is 33.4 Å². The summed E-state index contributed by atoms with van der Waals surface area (Å²) in [5, 5.41) is 0.00563. The van der Waals surface area contributed by atoms with E-state index >= 15 is 0 Å². The van der Waals surface area contributed by atoms with Gasteiger partial charge in [0.05, 0.1) is 15.5 Å². The van der Waals surface area contributed by atoms with Crippen LogP contribution in [0.4, 0.5) is 0 Å². The number of hydrogen-bond acceptors (Lipinski definition) is 5. The second-order valence-corrected chi connectivity index (χ2v) is 7.31. The Balaban J connectivity index is 2.08. The average Bonchev–Trinajstić information content (AvgIpc) is 2.62. The number of amides is 2. The molecule has 1 aromatic heterocycles. The lowest BCUT2D eigenvalue weighted by molar-refractivity contribution is -0.122. The lowest BCUT2D eigenvalue weighted by Gasteiger charge is -2.11. The Morgan fingerprint density at radius 1 is 1.15 bits per heavy atom. The predicted molar refractivity (Wildman–Crippen MR) is 94.0 cm³/mol. The van der Waals surface area contributed by atoms with Crippen LogP contribution in [0.5, 0.6) is 0 Å². The number of benzene rings is 1. The molecule has 0 spiro atoms. The van der Waals surface area contributed by atoms with Crippen molar-refractivity contribution in [2.75, 3.05) is 7.05 Å². The molecule has 0 aliphatic carbocycles. The topological polar surface area (TPSA) is 126 Å². The molecule has 0 fully saturated rings. The Labute approximate surface area is 154 Å². The molecule has 26 heavy (non-hydrogen) atoms. The predicted octanol–water partition coefficient (Wildman–Crippen LogP) is -0.129. The third-order valence-corrected chi connectivity index (χ3v) is 5.03. The zero-order valence-electron chi connectivity index (χ0n) is 13.5. The summed E-state index contributed by atoms with van der Waals surface area (Å²) in [4.78, 5) is 35.4. The summed E-state index contributed by atoms with van der Waals surface area (Å²) in [6, 6.07) is 7.99. The molecule has 0 atom stereocenters. The first-order valence-corrected chi connectivity index (χ1v) is 9.08. The highest BCUT2D eigenvalue weighted by Gasteiger charge is 2.18. The Kier molecular flexibility index (Phi) is 6.14. The number of carbonyl (C=O) groups excluding carboxylic acids is 2. The normalized spacial score (nSPS) is 11.0. The quantitative estimate of drug-likeness (QED) is 0.605. The summed E-state index contributed by atoms with van der Waals surface area (Å²) < 4.78 is 26.9. The zero-order valence-corrected chi connectivity index (χ0v) is 15.1. The zero-order chi connectivity index (χ0) is 19.3. The van der Waals surface area contributed by atoms with E-state index in [1.54, 1.807) is 6.07 Å². The molecule has 3 N–H and O–H groups in total. The highest BCUT2D eigenvalue weighted by Crippen LogP contribution is 2.20. The molecule has 1 aromatic carbocycles. The van der Waals surface area contributed by atoms with E-state index in [4.69, 9.17) is 11.6 Å². The van der Waals surface area contributed by atoms with Crippen LogP contribution in [0.2, 0.25) is 5.02 Å². The first kappa shape index (κ1) is 19.6. The van der Waals surface area contributed by atoms with Crippen LogP contribution < -0.4 is 21.1 Å². The maximum absolute atomic E-state index is 12.2. The van der Waals surface area contributed by atoms with Crippen LogP contribution in [0, 0.1) is 0 Å². The molecule has 0 aliphatic rings. The molecule has 1 heterocycles. The molecule has 2 rings (SSSR count). The second-order valence-electron chi connectivity index (χ2n) is 5.02. The highest BCUT2D eigenvalue weighted by atomic mass is 35.5. The molecule has 2 aromatic rings. The number of hydrogen-bond donors (Lipinski definition) is 3. The molecule has 0 aliphatic heterocycles. The van der Waals surface area contributed by atoms with E-state index in [0.29, 0.717) is 0 Å². The molecule has 0 saturated heterocycles. The van der Waals surface area contributed by atoms with Gasteiger partial charge in [-0.1, -0.05) is 17.7 Å². The number of aromatic nitrogens is 1. The maximum Gasteiger partial charge on any atom is 0.271 e. The van der Waals surface area contributed by atoms with Crippen molar-refractivity contribution in [2.45, 2.75) is 11.4 Å². The van der Waals surface area contributed by atoms with Gasteiger partial charge in [0.1, 0.15) is 6.54 Å². The van der Waals surface area contributed by atoms with Crippen LogP contribution in [-0.2, 0) is 21.4 Å². The van der Waals surface area contributed by atoms with E-state index in [1.165, 1.54) is 37.5 Å². The molecule has 0 unspecified atom stereocenters. The van der Waals surface area contributed by atoms with Crippen LogP contribution in [0.15, 0.2) is 52.3 Å². The van der Waals surface area contributed by atoms with E-state index in [9.17, 15) is 22.8 Å². The number of pyridine rings is 1. The molecule has 138 valence electrons. The average molecular weight is 399 g/mol. The molecule has 2 amide bonds.